The summed E-state index contributed by atoms with van der Waals surface area (Å²) in [5.74, 6) is -1.25. The maximum atomic E-state index is 10.4. The summed E-state index contributed by atoms with van der Waals surface area (Å²) in [6.07, 6.45) is 0.555. The van der Waals surface area contributed by atoms with Gasteiger partial charge < -0.3 is 9.84 Å². The highest BCUT2D eigenvalue weighted by atomic mass is 27.0. The highest BCUT2D eigenvalue weighted by Gasteiger charge is 2.01. The lowest BCUT2D eigenvalue weighted by molar-refractivity contribution is -0.141. The van der Waals surface area contributed by atoms with Gasteiger partial charge in [0.15, 0.2) is 17.4 Å². The van der Waals surface area contributed by atoms with Crippen LogP contribution in [0.2, 0.25) is 0 Å². The highest BCUT2D eigenvalue weighted by Crippen LogP contribution is 1.95. The quantitative estimate of drug-likeness (QED) is 0.451. The molecule has 0 aliphatic carbocycles. The Morgan fingerprint density at radius 1 is 1.36 bits per heavy atom. The fraction of sp³-hybridized carbons (Fsp3) is 0.667. The van der Waals surface area contributed by atoms with Gasteiger partial charge >= 0.3 is 11.9 Å². The largest absolute Gasteiger partial charge is 0.481 e. The monoisotopic (exact) mass is 176 g/mol. The fourth-order valence-electron chi connectivity index (χ4n) is 0.486. The second kappa shape index (κ2) is 7.58. The molecule has 0 amide bonds. The molecule has 64 valence electrons. The third-order valence-corrected chi connectivity index (χ3v) is 0.999. The van der Waals surface area contributed by atoms with E-state index in [4.69, 9.17) is 5.11 Å². The number of carboxylic acid groups (broad SMARTS) is 1. The van der Waals surface area contributed by atoms with Crippen molar-refractivity contribution in [3.63, 3.8) is 0 Å². The summed E-state index contributed by atoms with van der Waals surface area (Å²) in [7, 11) is 1.28. The molecule has 0 unspecified atom stereocenters. The Morgan fingerprint density at radius 2 is 1.91 bits per heavy atom. The van der Waals surface area contributed by atoms with E-state index in [1.165, 1.54) is 7.11 Å². The average Bonchev–Trinajstić information content (AvgIpc) is 1.87. The second-order valence-corrected chi connectivity index (χ2v) is 1.82. The molecule has 0 bridgehead atoms. The molecule has 0 atom stereocenters. The lowest BCUT2D eigenvalue weighted by Crippen LogP contribution is -2.02. The summed E-state index contributed by atoms with van der Waals surface area (Å²) < 4.78 is 4.30. The first-order chi connectivity index (χ1) is 4.66. The van der Waals surface area contributed by atoms with Gasteiger partial charge in [-0.2, -0.15) is 0 Å². The van der Waals surface area contributed by atoms with E-state index in [9.17, 15) is 9.59 Å². The van der Waals surface area contributed by atoms with Gasteiger partial charge in [0.2, 0.25) is 0 Å². The molecule has 11 heavy (non-hydrogen) atoms. The van der Waals surface area contributed by atoms with Crippen LogP contribution in [-0.4, -0.2) is 41.5 Å². The Morgan fingerprint density at radius 3 is 2.27 bits per heavy atom. The minimum atomic E-state index is -0.885. The highest BCUT2D eigenvalue weighted by molar-refractivity contribution is 5.75. The number of rotatable bonds is 4. The van der Waals surface area contributed by atoms with E-state index < -0.39 is 5.97 Å². The van der Waals surface area contributed by atoms with Crippen LogP contribution in [0.3, 0.4) is 0 Å². The molecule has 0 aromatic rings. The van der Waals surface area contributed by atoms with Crippen LogP contribution in [0, 0.1) is 0 Å². The smallest absolute Gasteiger partial charge is 0.305 e. The number of esters is 1. The second-order valence-electron chi connectivity index (χ2n) is 1.82. The van der Waals surface area contributed by atoms with Crippen molar-refractivity contribution in [1.29, 1.82) is 0 Å². The van der Waals surface area contributed by atoms with Gasteiger partial charge in [0.1, 0.15) is 0 Å². The third kappa shape index (κ3) is 9.47. The van der Waals surface area contributed by atoms with E-state index in [2.05, 4.69) is 4.74 Å². The van der Waals surface area contributed by atoms with Crippen LogP contribution in [0.5, 0.6) is 0 Å². The van der Waals surface area contributed by atoms with E-state index >= 15 is 0 Å². The molecule has 1 N–H and O–H groups in total. The van der Waals surface area contributed by atoms with Gasteiger partial charge in [0, 0.05) is 12.8 Å². The Hall–Kier alpha value is -0.528. The van der Waals surface area contributed by atoms with Crippen LogP contribution in [0.15, 0.2) is 0 Å². The normalized spacial score (nSPS) is 8.09. The number of methoxy groups -OCH3 is 1. The standard InChI is InChI=1S/C6H10O4.Al.3H/c1-10-6(9)4-2-3-5(7)8;;;;/h2-4H2,1H3,(H,7,8);;;;. The maximum Gasteiger partial charge on any atom is 0.305 e. The van der Waals surface area contributed by atoms with E-state index in [0.29, 0.717) is 6.42 Å². The molecule has 0 saturated carbocycles. The van der Waals surface area contributed by atoms with E-state index in [1.54, 1.807) is 0 Å². The predicted molar refractivity (Wildman–Crippen MR) is 43.4 cm³/mol. The first kappa shape index (κ1) is 13.1. The third-order valence-electron chi connectivity index (χ3n) is 0.999. The minimum Gasteiger partial charge on any atom is -0.481 e. The van der Waals surface area contributed by atoms with E-state index in [0.717, 1.165) is 0 Å². The molecule has 4 nitrogen and oxygen atoms in total. The lowest BCUT2D eigenvalue weighted by Gasteiger charge is -1.94. The average molecular weight is 176 g/mol. The molecule has 0 saturated heterocycles. The summed E-state index contributed by atoms with van der Waals surface area (Å²) in [6, 6.07) is 0. The molecule has 0 aromatic heterocycles. The van der Waals surface area contributed by atoms with Gasteiger partial charge in [-0.1, -0.05) is 0 Å². The molecule has 0 spiro atoms. The molecule has 0 aliphatic heterocycles. The van der Waals surface area contributed by atoms with Crippen LogP contribution in [0.25, 0.3) is 0 Å². The predicted octanol–water partition coefficient (Wildman–Crippen LogP) is -0.770. The van der Waals surface area contributed by atoms with E-state index in [1.807, 2.05) is 0 Å². The topological polar surface area (TPSA) is 63.6 Å². The molecule has 0 aliphatic rings. The van der Waals surface area contributed by atoms with Crippen molar-refractivity contribution in [3.05, 3.63) is 0 Å². The van der Waals surface area contributed by atoms with Crippen LogP contribution in [-0.2, 0) is 14.3 Å². The Labute approximate surface area is 75.7 Å². The van der Waals surface area contributed by atoms with E-state index in [-0.39, 0.29) is 36.2 Å². The first-order valence-corrected chi connectivity index (χ1v) is 2.95. The number of carbonyl (C=O) groups excluding carboxylic acids is 1. The van der Waals surface area contributed by atoms with Crippen molar-refractivity contribution < 1.29 is 19.4 Å². The summed E-state index contributed by atoms with van der Waals surface area (Å²) in [4.78, 5) is 20.3. The van der Waals surface area contributed by atoms with Crippen LogP contribution < -0.4 is 0 Å². The summed E-state index contributed by atoms with van der Waals surface area (Å²) >= 11 is 0. The van der Waals surface area contributed by atoms with Crippen molar-refractivity contribution in [3.8, 4) is 0 Å². The number of carbonyl (C=O) groups is 2. The number of ether oxygens (including phenoxy) is 1. The molecule has 0 rings (SSSR count). The molecule has 0 heterocycles. The molecular weight excluding hydrogens is 163 g/mol. The lowest BCUT2D eigenvalue weighted by atomic mass is 10.2. The number of aliphatic carboxylic acids is 1. The van der Waals surface area contributed by atoms with Crippen LogP contribution in [0.1, 0.15) is 19.3 Å². The molecular formula is C6H13AlO4. The minimum absolute atomic E-state index is 0. The number of hydrogen-bond acceptors (Lipinski definition) is 3. The molecule has 0 aromatic carbocycles. The molecule has 0 radical (unpaired) electrons. The molecule has 0 fully saturated rings. The van der Waals surface area contributed by atoms with Crippen LogP contribution >= 0.6 is 0 Å². The fourth-order valence-corrected chi connectivity index (χ4v) is 0.486. The van der Waals surface area contributed by atoms with Crippen molar-refractivity contribution in [2.75, 3.05) is 7.11 Å². The molecule has 5 heteroatoms. The zero-order chi connectivity index (χ0) is 7.98. The first-order valence-electron chi connectivity index (χ1n) is 2.95. The Bertz CT molecular complexity index is 135. The van der Waals surface area contributed by atoms with Crippen molar-refractivity contribution in [2.45, 2.75) is 19.3 Å². The Balaban J connectivity index is 0. The van der Waals surface area contributed by atoms with Gasteiger partial charge in [-0.15, -0.1) is 0 Å². The van der Waals surface area contributed by atoms with Crippen molar-refractivity contribution >= 4 is 29.3 Å². The summed E-state index contributed by atoms with van der Waals surface area (Å²) in [5.41, 5.74) is 0. The van der Waals surface area contributed by atoms with Crippen molar-refractivity contribution in [2.24, 2.45) is 0 Å². The summed E-state index contributed by atoms with van der Waals surface area (Å²) in [6.45, 7) is 0. The Kier molecular flexibility index (Phi) is 9.02. The summed E-state index contributed by atoms with van der Waals surface area (Å²) in [5, 5.41) is 8.15. The zero-order valence-electron chi connectivity index (χ0n) is 5.79. The van der Waals surface area contributed by atoms with Gasteiger partial charge in [0.25, 0.3) is 0 Å². The van der Waals surface area contributed by atoms with Gasteiger partial charge in [-0.25, -0.2) is 0 Å². The van der Waals surface area contributed by atoms with Crippen LogP contribution in [0.4, 0.5) is 0 Å². The number of carboxylic acids is 1. The van der Waals surface area contributed by atoms with Gasteiger partial charge in [0.05, 0.1) is 7.11 Å². The van der Waals surface area contributed by atoms with Gasteiger partial charge in [-0.3, -0.25) is 9.59 Å². The number of hydrogen-bond donors (Lipinski definition) is 1. The van der Waals surface area contributed by atoms with Gasteiger partial charge in [-0.05, 0) is 6.42 Å². The van der Waals surface area contributed by atoms with Crippen molar-refractivity contribution in [1.82, 2.24) is 0 Å². The SMILES string of the molecule is COC(=O)CCCC(=O)O.[AlH3]. The maximum absolute atomic E-state index is 10.4. The zero-order valence-corrected chi connectivity index (χ0v) is 5.79.